The highest BCUT2D eigenvalue weighted by atomic mass is 16.5. The molecule has 1 aromatic carbocycles. The molecular formula is C20H31N3O3. The van der Waals surface area contributed by atoms with Gasteiger partial charge in [-0.05, 0) is 38.4 Å². The van der Waals surface area contributed by atoms with E-state index < -0.39 is 0 Å². The lowest BCUT2D eigenvalue weighted by atomic mass is 9.96. The molecule has 2 amide bonds. The third-order valence-corrected chi connectivity index (χ3v) is 4.61. The average Bonchev–Trinajstić information content (AvgIpc) is 2.67. The third-order valence-electron chi connectivity index (χ3n) is 4.61. The summed E-state index contributed by atoms with van der Waals surface area (Å²) in [5, 5.41) is 6.27. The van der Waals surface area contributed by atoms with Gasteiger partial charge in [0.1, 0.15) is 5.75 Å². The minimum Gasteiger partial charge on any atom is -0.493 e. The number of para-hydroxylation sites is 1. The normalized spacial score (nSPS) is 18.2. The summed E-state index contributed by atoms with van der Waals surface area (Å²) in [5.41, 5.74) is 0. The van der Waals surface area contributed by atoms with Crippen LogP contribution in [0.1, 0.15) is 33.1 Å². The van der Waals surface area contributed by atoms with Gasteiger partial charge in [0, 0.05) is 25.7 Å². The molecule has 1 heterocycles. The van der Waals surface area contributed by atoms with Crippen LogP contribution in [0.2, 0.25) is 0 Å². The third kappa shape index (κ3) is 6.67. The fourth-order valence-electron chi connectivity index (χ4n) is 3.17. The number of benzene rings is 1. The molecule has 144 valence electrons. The van der Waals surface area contributed by atoms with Crippen LogP contribution in [-0.2, 0) is 9.59 Å². The lowest BCUT2D eigenvalue weighted by Crippen LogP contribution is -2.47. The molecule has 2 rings (SSSR count). The lowest BCUT2D eigenvalue weighted by molar-refractivity contribution is -0.136. The van der Waals surface area contributed by atoms with Crippen molar-refractivity contribution in [1.82, 2.24) is 15.5 Å². The maximum atomic E-state index is 12.4. The molecule has 6 heteroatoms. The molecule has 2 atom stereocenters. The van der Waals surface area contributed by atoms with Gasteiger partial charge in [-0.15, -0.1) is 0 Å². The van der Waals surface area contributed by atoms with E-state index in [0.717, 1.165) is 31.7 Å². The maximum absolute atomic E-state index is 12.4. The van der Waals surface area contributed by atoms with E-state index in [9.17, 15) is 9.59 Å². The van der Waals surface area contributed by atoms with Crippen LogP contribution in [0.4, 0.5) is 0 Å². The number of piperidine rings is 1. The highest BCUT2D eigenvalue weighted by Gasteiger charge is 2.28. The van der Waals surface area contributed by atoms with Crippen LogP contribution < -0.4 is 15.4 Å². The molecule has 1 aliphatic heterocycles. The zero-order chi connectivity index (χ0) is 18.8. The van der Waals surface area contributed by atoms with E-state index in [1.807, 2.05) is 44.2 Å². The molecule has 0 spiro atoms. The monoisotopic (exact) mass is 361 g/mol. The number of hydrogen-bond donors (Lipinski definition) is 2. The topological polar surface area (TPSA) is 70.7 Å². The number of ether oxygens (including phenoxy) is 1. The Labute approximate surface area is 156 Å². The standard InChI is InChI=1S/C20H31N3O3/c1-3-21-16(2)14-22-20(25)17-8-7-12-23(15-17)19(24)11-13-26-18-9-5-4-6-10-18/h4-6,9-10,16-17,21H,3,7-8,11-15H2,1-2H3,(H,22,25)/t16-,17?/m1/s1. The second-order valence-electron chi connectivity index (χ2n) is 6.79. The van der Waals surface area contributed by atoms with Crippen molar-refractivity contribution in [2.24, 2.45) is 5.92 Å². The fraction of sp³-hybridized carbons (Fsp3) is 0.600. The van der Waals surface area contributed by atoms with Crippen LogP contribution >= 0.6 is 0 Å². The Morgan fingerprint density at radius 2 is 2.08 bits per heavy atom. The lowest BCUT2D eigenvalue weighted by Gasteiger charge is -2.32. The van der Waals surface area contributed by atoms with Crippen molar-refractivity contribution >= 4 is 11.8 Å². The minimum atomic E-state index is -0.114. The Kier molecular flexibility index (Phi) is 8.41. The maximum Gasteiger partial charge on any atom is 0.226 e. The molecule has 1 saturated heterocycles. The van der Waals surface area contributed by atoms with E-state index in [4.69, 9.17) is 4.74 Å². The van der Waals surface area contributed by atoms with Gasteiger partial charge in [-0.25, -0.2) is 0 Å². The van der Waals surface area contributed by atoms with Crippen LogP contribution in [-0.4, -0.2) is 55.5 Å². The van der Waals surface area contributed by atoms with E-state index in [-0.39, 0.29) is 23.8 Å². The summed E-state index contributed by atoms with van der Waals surface area (Å²) in [6.45, 7) is 7.18. The van der Waals surface area contributed by atoms with Crippen molar-refractivity contribution in [2.45, 2.75) is 39.2 Å². The predicted molar refractivity (Wildman–Crippen MR) is 102 cm³/mol. The van der Waals surface area contributed by atoms with Crippen LogP contribution in [0.25, 0.3) is 0 Å². The molecule has 1 unspecified atom stereocenters. The van der Waals surface area contributed by atoms with Gasteiger partial charge in [0.05, 0.1) is 18.9 Å². The van der Waals surface area contributed by atoms with Gasteiger partial charge in [-0.2, -0.15) is 0 Å². The number of nitrogens with zero attached hydrogens (tertiary/aromatic N) is 1. The number of amides is 2. The molecule has 0 aromatic heterocycles. The molecule has 0 radical (unpaired) electrons. The molecule has 0 bridgehead atoms. The molecule has 26 heavy (non-hydrogen) atoms. The first-order valence-electron chi connectivity index (χ1n) is 9.57. The predicted octanol–water partition coefficient (Wildman–Crippen LogP) is 1.81. The Balaban J connectivity index is 1.72. The summed E-state index contributed by atoms with van der Waals surface area (Å²) in [6.07, 6.45) is 2.04. The first-order chi connectivity index (χ1) is 12.6. The smallest absolute Gasteiger partial charge is 0.226 e. The van der Waals surface area contributed by atoms with Crippen molar-refractivity contribution in [3.63, 3.8) is 0 Å². The van der Waals surface area contributed by atoms with Gasteiger partial charge >= 0.3 is 0 Å². The Hall–Kier alpha value is -2.08. The van der Waals surface area contributed by atoms with Crippen LogP contribution in [0.15, 0.2) is 30.3 Å². The minimum absolute atomic E-state index is 0.0489. The SMILES string of the molecule is CCN[C@H](C)CNC(=O)C1CCCN(C(=O)CCOc2ccccc2)C1. The average molecular weight is 361 g/mol. The molecule has 0 aliphatic carbocycles. The summed E-state index contributed by atoms with van der Waals surface area (Å²) < 4.78 is 5.60. The summed E-state index contributed by atoms with van der Waals surface area (Å²) >= 11 is 0. The van der Waals surface area contributed by atoms with E-state index in [0.29, 0.717) is 26.1 Å². The van der Waals surface area contributed by atoms with Gasteiger partial charge < -0.3 is 20.3 Å². The number of likely N-dealkylation sites (N-methyl/N-ethyl adjacent to an activating group) is 1. The molecular weight excluding hydrogens is 330 g/mol. The van der Waals surface area contributed by atoms with Crippen molar-refractivity contribution in [2.75, 3.05) is 32.8 Å². The van der Waals surface area contributed by atoms with Gasteiger partial charge in [0.25, 0.3) is 0 Å². The molecule has 1 aliphatic rings. The molecule has 1 fully saturated rings. The van der Waals surface area contributed by atoms with E-state index >= 15 is 0 Å². The van der Waals surface area contributed by atoms with Crippen LogP contribution in [0.5, 0.6) is 5.75 Å². The van der Waals surface area contributed by atoms with E-state index in [1.165, 1.54) is 0 Å². The highest BCUT2D eigenvalue weighted by Crippen LogP contribution is 2.18. The number of carbonyl (C=O) groups is 2. The number of rotatable bonds is 9. The van der Waals surface area contributed by atoms with E-state index in [2.05, 4.69) is 10.6 Å². The number of hydrogen-bond acceptors (Lipinski definition) is 4. The van der Waals surface area contributed by atoms with Crippen molar-refractivity contribution in [3.8, 4) is 5.75 Å². The first kappa shape index (κ1) is 20.2. The zero-order valence-electron chi connectivity index (χ0n) is 15.9. The number of likely N-dealkylation sites (tertiary alicyclic amines) is 1. The fourth-order valence-corrected chi connectivity index (χ4v) is 3.17. The number of nitrogens with one attached hydrogen (secondary N) is 2. The van der Waals surface area contributed by atoms with Gasteiger partial charge in [-0.3, -0.25) is 9.59 Å². The molecule has 0 saturated carbocycles. The first-order valence-corrected chi connectivity index (χ1v) is 9.57. The molecule has 1 aromatic rings. The van der Waals surface area contributed by atoms with E-state index in [1.54, 1.807) is 4.90 Å². The van der Waals surface area contributed by atoms with Gasteiger partial charge in [-0.1, -0.05) is 25.1 Å². The summed E-state index contributed by atoms with van der Waals surface area (Å²) in [6, 6.07) is 9.74. The van der Waals surface area contributed by atoms with Crippen molar-refractivity contribution in [1.29, 1.82) is 0 Å². The van der Waals surface area contributed by atoms with Gasteiger partial charge in [0.15, 0.2) is 0 Å². The molecule has 2 N–H and O–H groups in total. The Morgan fingerprint density at radius 1 is 1.31 bits per heavy atom. The largest absolute Gasteiger partial charge is 0.493 e. The highest BCUT2D eigenvalue weighted by molar-refractivity contribution is 5.81. The van der Waals surface area contributed by atoms with Crippen LogP contribution in [0, 0.1) is 5.92 Å². The summed E-state index contributed by atoms with van der Waals surface area (Å²) in [7, 11) is 0. The second-order valence-corrected chi connectivity index (χ2v) is 6.79. The quantitative estimate of drug-likeness (QED) is 0.704. The second kappa shape index (κ2) is 10.8. The van der Waals surface area contributed by atoms with Crippen molar-refractivity contribution in [3.05, 3.63) is 30.3 Å². The summed E-state index contributed by atoms with van der Waals surface area (Å²) in [4.78, 5) is 26.6. The summed E-state index contributed by atoms with van der Waals surface area (Å²) in [5.74, 6) is 0.759. The Morgan fingerprint density at radius 3 is 2.81 bits per heavy atom. The molecule has 6 nitrogen and oxygen atoms in total. The number of carbonyl (C=O) groups excluding carboxylic acids is 2. The van der Waals surface area contributed by atoms with Crippen molar-refractivity contribution < 1.29 is 14.3 Å². The van der Waals surface area contributed by atoms with Gasteiger partial charge in [0.2, 0.25) is 11.8 Å². The Bertz CT molecular complexity index is 565. The zero-order valence-corrected chi connectivity index (χ0v) is 15.9. The van der Waals surface area contributed by atoms with Crippen LogP contribution in [0.3, 0.4) is 0 Å².